The highest BCUT2D eigenvalue weighted by Gasteiger charge is 2.22. The molecule has 5 nitrogen and oxygen atoms in total. The van der Waals surface area contributed by atoms with Gasteiger partial charge in [0.05, 0.1) is 11.0 Å². The maximum Gasteiger partial charge on any atom is 0.0542 e. The average molecular weight is 988 g/mol. The molecule has 0 spiro atoms. The van der Waals surface area contributed by atoms with Crippen molar-refractivity contribution in [3.63, 3.8) is 0 Å². The van der Waals surface area contributed by atoms with E-state index in [-0.39, 0.29) is 0 Å². The van der Waals surface area contributed by atoms with Crippen LogP contribution in [0.1, 0.15) is 0 Å². The Labute approximate surface area is 450 Å². The molecule has 77 heavy (non-hydrogen) atoms. The summed E-state index contributed by atoms with van der Waals surface area (Å²) in [6.07, 6.45) is 0. The van der Waals surface area contributed by atoms with Crippen LogP contribution < -0.4 is 19.6 Å². The molecule has 0 radical (unpaired) electrons. The molecule has 0 saturated heterocycles. The monoisotopic (exact) mass is 987 g/mol. The van der Waals surface area contributed by atoms with Gasteiger partial charge in [0, 0.05) is 84.7 Å². The second-order valence-electron chi connectivity index (χ2n) is 19.0. The molecule has 0 N–H and O–H groups in total. The summed E-state index contributed by atoms with van der Waals surface area (Å²) >= 11 is 0. The summed E-state index contributed by atoms with van der Waals surface area (Å²) in [6.45, 7) is 0. The summed E-state index contributed by atoms with van der Waals surface area (Å²) in [5, 5.41) is 2.29. The van der Waals surface area contributed by atoms with Crippen LogP contribution in [0.2, 0.25) is 0 Å². The molecule has 12 aromatic carbocycles. The lowest BCUT2D eigenvalue weighted by molar-refractivity contribution is 1.18. The van der Waals surface area contributed by atoms with Crippen LogP contribution in [0.3, 0.4) is 0 Å². The Kier molecular flexibility index (Phi) is 12.6. The minimum atomic E-state index is 1.05. The Morgan fingerprint density at radius 2 is 0.403 bits per heavy atom. The minimum Gasteiger partial charge on any atom is -0.311 e. The van der Waals surface area contributed by atoms with Gasteiger partial charge in [-0.05, 0) is 181 Å². The number of hydrogen-bond acceptors (Lipinski definition) is 4. The van der Waals surface area contributed by atoms with E-state index in [2.05, 4.69) is 346 Å². The Hall–Kier alpha value is -10.4. The SMILES string of the molecule is c1ccc(-c2ccc(-n3c4ccc(N(c5ccccc5)c5ccc(N(c6ccccc6)c6ccccc6)cc5)cc4c4cc(N(c5ccccc5)c5ccc(N(c6ccccc6)c6ccccc6)cc5)ccc43)cc2)cc1. The smallest absolute Gasteiger partial charge is 0.0542 e. The largest absolute Gasteiger partial charge is 0.311 e. The number of aromatic nitrogens is 1. The zero-order chi connectivity index (χ0) is 51.3. The molecule has 0 aliphatic heterocycles. The zero-order valence-corrected chi connectivity index (χ0v) is 42.3. The molecule has 0 saturated carbocycles. The van der Waals surface area contributed by atoms with Crippen molar-refractivity contribution in [2.24, 2.45) is 0 Å². The van der Waals surface area contributed by atoms with Gasteiger partial charge in [-0.3, -0.25) is 0 Å². The summed E-state index contributed by atoms with van der Waals surface area (Å²) in [6, 6.07) is 115. The van der Waals surface area contributed by atoms with Gasteiger partial charge >= 0.3 is 0 Å². The summed E-state index contributed by atoms with van der Waals surface area (Å²) in [4.78, 5) is 9.34. The molecular weight excluding hydrogens is 935 g/mol. The molecule has 5 heteroatoms. The van der Waals surface area contributed by atoms with Crippen molar-refractivity contribution in [3.05, 3.63) is 322 Å². The van der Waals surface area contributed by atoms with Gasteiger partial charge in [0.2, 0.25) is 0 Å². The molecule has 1 aromatic heterocycles. The van der Waals surface area contributed by atoms with Crippen LogP contribution >= 0.6 is 0 Å². The lowest BCUT2D eigenvalue weighted by Gasteiger charge is -2.28. The lowest BCUT2D eigenvalue weighted by atomic mass is 10.1. The van der Waals surface area contributed by atoms with Crippen LogP contribution in [0.4, 0.5) is 68.2 Å². The average Bonchev–Trinajstić information content (AvgIpc) is 3.86. The first-order valence-corrected chi connectivity index (χ1v) is 26.2. The second-order valence-corrected chi connectivity index (χ2v) is 19.0. The maximum absolute atomic E-state index is 2.42. The lowest BCUT2D eigenvalue weighted by Crippen LogP contribution is -2.12. The predicted octanol–water partition coefficient (Wildman–Crippen LogP) is 20.3. The molecule has 0 atom stereocenters. The first kappa shape index (κ1) is 46.4. The van der Waals surface area contributed by atoms with E-state index in [4.69, 9.17) is 0 Å². The fraction of sp³-hybridized carbons (Fsp3) is 0. The third kappa shape index (κ3) is 9.24. The number of benzene rings is 12. The predicted molar refractivity (Wildman–Crippen MR) is 325 cm³/mol. The van der Waals surface area contributed by atoms with Crippen molar-refractivity contribution < 1.29 is 0 Å². The zero-order valence-electron chi connectivity index (χ0n) is 42.3. The Balaban J connectivity index is 0.960. The highest BCUT2D eigenvalue weighted by Crippen LogP contribution is 2.45. The summed E-state index contributed by atoms with van der Waals surface area (Å²) < 4.78 is 2.42. The van der Waals surface area contributed by atoms with Gasteiger partial charge in [0.25, 0.3) is 0 Å². The van der Waals surface area contributed by atoms with Crippen LogP contribution in [0.25, 0.3) is 38.6 Å². The van der Waals surface area contributed by atoms with E-state index in [9.17, 15) is 0 Å². The fourth-order valence-electron chi connectivity index (χ4n) is 10.7. The molecule has 0 aliphatic rings. The Morgan fingerprint density at radius 3 is 0.688 bits per heavy atom. The number of anilines is 12. The van der Waals surface area contributed by atoms with Crippen LogP contribution in [-0.4, -0.2) is 4.57 Å². The molecule has 1 heterocycles. The standard InChI is InChI=1S/C72H53N5/c1-8-22-54(23-9-1)55-36-38-66(39-37-55)77-71-50-48-67(75(60-32-18-6-19-33-60)64-44-40-62(41-45-64)73(56-24-10-2-11-25-56)57-26-12-3-13-27-57)52-69(71)70-53-68(49-51-72(70)77)76(61-34-20-7-21-35-61)65-46-42-63(43-47-65)74(58-28-14-4-15-29-58)59-30-16-5-17-31-59/h1-53H. The second kappa shape index (κ2) is 20.9. The van der Waals surface area contributed by atoms with E-state index >= 15 is 0 Å². The van der Waals surface area contributed by atoms with Gasteiger partial charge in [0.1, 0.15) is 0 Å². The Morgan fingerprint density at radius 1 is 0.182 bits per heavy atom. The maximum atomic E-state index is 2.42. The van der Waals surface area contributed by atoms with E-state index in [0.717, 1.165) is 95.7 Å². The summed E-state index contributed by atoms with van der Waals surface area (Å²) in [5.74, 6) is 0. The van der Waals surface area contributed by atoms with Gasteiger partial charge in [-0.15, -0.1) is 0 Å². The van der Waals surface area contributed by atoms with Gasteiger partial charge in [-0.2, -0.15) is 0 Å². The third-order valence-corrected chi connectivity index (χ3v) is 14.3. The highest BCUT2D eigenvalue weighted by molar-refractivity contribution is 6.12. The van der Waals surface area contributed by atoms with Crippen LogP contribution in [0.5, 0.6) is 0 Å². The van der Waals surface area contributed by atoms with Gasteiger partial charge < -0.3 is 24.2 Å². The molecule has 0 bridgehead atoms. The molecule has 0 unspecified atom stereocenters. The number of rotatable bonds is 14. The molecule has 0 amide bonds. The van der Waals surface area contributed by atoms with Gasteiger partial charge in [-0.1, -0.05) is 152 Å². The molecule has 0 fully saturated rings. The summed E-state index contributed by atoms with van der Waals surface area (Å²) in [5.41, 5.74) is 18.6. The molecule has 0 aliphatic carbocycles. The van der Waals surface area contributed by atoms with E-state index in [1.807, 2.05) is 0 Å². The number of para-hydroxylation sites is 6. The van der Waals surface area contributed by atoms with E-state index in [0.29, 0.717) is 0 Å². The van der Waals surface area contributed by atoms with Crippen LogP contribution in [0, 0.1) is 0 Å². The van der Waals surface area contributed by atoms with Crippen molar-refractivity contribution >= 4 is 90.1 Å². The molecule has 13 rings (SSSR count). The first-order chi connectivity index (χ1) is 38.2. The van der Waals surface area contributed by atoms with Gasteiger partial charge in [-0.25, -0.2) is 0 Å². The van der Waals surface area contributed by atoms with Crippen molar-refractivity contribution in [3.8, 4) is 16.8 Å². The first-order valence-electron chi connectivity index (χ1n) is 26.2. The quantitative estimate of drug-likeness (QED) is 0.108. The topological polar surface area (TPSA) is 17.9 Å². The molecule has 366 valence electrons. The minimum absolute atomic E-state index is 1.05. The third-order valence-electron chi connectivity index (χ3n) is 14.3. The van der Waals surface area contributed by atoms with E-state index in [1.54, 1.807) is 0 Å². The van der Waals surface area contributed by atoms with Crippen molar-refractivity contribution in [2.75, 3.05) is 19.6 Å². The van der Waals surface area contributed by atoms with Crippen LogP contribution in [0.15, 0.2) is 322 Å². The number of nitrogens with zero attached hydrogens (tertiary/aromatic N) is 5. The summed E-state index contributed by atoms with van der Waals surface area (Å²) in [7, 11) is 0. The Bertz CT molecular complexity index is 3740. The van der Waals surface area contributed by atoms with E-state index < -0.39 is 0 Å². The van der Waals surface area contributed by atoms with Crippen molar-refractivity contribution in [1.82, 2.24) is 4.57 Å². The molecular formula is C72H53N5. The molecule has 13 aromatic rings. The number of hydrogen-bond donors (Lipinski definition) is 0. The van der Waals surface area contributed by atoms with Crippen molar-refractivity contribution in [1.29, 1.82) is 0 Å². The van der Waals surface area contributed by atoms with Gasteiger partial charge in [0.15, 0.2) is 0 Å². The normalized spacial score (nSPS) is 11.1. The highest BCUT2D eigenvalue weighted by atomic mass is 15.2. The number of fused-ring (bicyclic) bond motifs is 3. The van der Waals surface area contributed by atoms with E-state index in [1.165, 1.54) is 11.1 Å². The van der Waals surface area contributed by atoms with Crippen LogP contribution in [-0.2, 0) is 0 Å². The fourth-order valence-corrected chi connectivity index (χ4v) is 10.7. The van der Waals surface area contributed by atoms with Crippen molar-refractivity contribution in [2.45, 2.75) is 0 Å².